The SMILES string of the molecule is COC(=O)[C@@H](N)CS[C@@H]1O[C@H](COC(C)=O)[C@@H](OC(C)=O)[C@H](OC(C)=O)[C@H]1OC(C)=O. The molecule has 1 heterocycles. The molecule has 0 aromatic rings. The molecule has 6 atom stereocenters. The van der Waals surface area contributed by atoms with Gasteiger partial charge in [0.25, 0.3) is 0 Å². The zero-order valence-electron chi connectivity index (χ0n) is 17.9. The molecule has 0 aromatic heterocycles. The van der Waals surface area contributed by atoms with Crippen molar-refractivity contribution in [3.63, 3.8) is 0 Å². The van der Waals surface area contributed by atoms with Gasteiger partial charge in [-0.3, -0.25) is 24.0 Å². The summed E-state index contributed by atoms with van der Waals surface area (Å²) in [7, 11) is 1.18. The average molecular weight is 465 g/mol. The van der Waals surface area contributed by atoms with E-state index in [4.69, 9.17) is 29.4 Å². The highest BCUT2D eigenvalue weighted by atomic mass is 32.2. The van der Waals surface area contributed by atoms with Gasteiger partial charge in [0.05, 0.1) is 7.11 Å². The van der Waals surface area contributed by atoms with Crippen LogP contribution in [0.5, 0.6) is 0 Å². The summed E-state index contributed by atoms with van der Waals surface area (Å²) < 4.78 is 31.3. The number of carbonyl (C=O) groups excluding carboxylic acids is 5. The molecule has 1 aliphatic rings. The third-order valence-electron chi connectivity index (χ3n) is 3.89. The number of hydrogen-bond acceptors (Lipinski definition) is 13. The fourth-order valence-corrected chi connectivity index (χ4v) is 3.90. The Morgan fingerprint density at radius 1 is 0.871 bits per heavy atom. The monoisotopic (exact) mass is 465 g/mol. The van der Waals surface area contributed by atoms with E-state index in [1.165, 1.54) is 14.0 Å². The van der Waals surface area contributed by atoms with E-state index in [0.29, 0.717) is 0 Å². The molecule has 0 aliphatic carbocycles. The maximum absolute atomic E-state index is 11.7. The van der Waals surface area contributed by atoms with Gasteiger partial charge in [-0.05, 0) is 0 Å². The number of thioether (sulfide) groups is 1. The lowest BCUT2D eigenvalue weighted by Crippen LogP contribution is -2.61. The third-order valence-corrected chi connectivity index (χ3v) is 5.15. The normalized spacial score (nSPS) is 26.2. The van der Waals surface area contributed by atoms with Crippen LogP contribution >= 0.6 is 11.8 Å². The molecule has 13 heteroatoms. The smallest absolute Gasteiger partial charge is 0.323 e. The molecule has 1 rings (SSSR count). The summed E-state index contributed by atoms with van der Waals surface area (Å²) in [4.78, 5) is 58.0. The number of carbonyl (C=O) groups is 5. The first-order valence-corrected chi connectivity index (χ1v) is 10.3. The van der Waals surface area contributed by atoms with Crippen molar-refractivity contribution in [3.05, 3.63) is 0 Å². The van der Waals surface area contributed by atoms with Gasteiger partial charge in [-0.1, -0.05) is 0 Å². The molecule has 1 aliphatic heterocycles. The Kier molecular flexibility index (Phi) is 10.7. The van der Waals surface area contributed by atoms with Gasteiger partial charge in [0.1, 0.15) is 24.2 Å². The minimum absolute atomic E-state index is 0.000411. The van der Waals surface area contributed by atoms with Gasteiger partial charge in [-0.25, -0.2) is 0 Å². The summed E-state index contributed by atoms with van der Waals surface area (Å²) in [6, 6.07) is -1.01. The van der Waals surface area contributed by atoms with Crippen LogP contribution in [0.2, 0.25) is 0 Å². The van der Waals surface area contributed by atoms with Crippen LogP contribution in [-0.2, 0) is 52.4 Å². The molecule has 1 saturated heterocycles. The first-order valence-electron chi connectivity index (χ1n) is 9.21. The molecule has 12 nitrogen and oxygen atoms in total. The molecular weight excluding hydrogens is 438 g/mol. The van der Waals surface area contributed by atoms with Crippen molar-refractivity contribution in [2.75, 3.05) is 19.5 Å². The van der Waals surface area contributed by atoms with Crippen molar-refractivity contribution < 1.29 is 52.4 Å². The molecule has 0 saturated carbocycles. The average Bonchev–Trinajstić information content (AvgIpc) is 2.66. The lowest BCUT2D eigenvalue weighted by Gasteiger charge is -2.44. The number of rotatable bonds is 9. The standard InChI is InChI=1S/C18H27NO11S/c1-8(20)26-6-13-14(27-9(2)21)15(28-10(3)22)16(29-11(4)23)18(30-13)31-7-12(19)17(24)25-5/h12-16,18H,6-7,19H2,1-5H3/t12-,13+,14+,15-,16+,18-/m0/s1. The molecule has 0 amide bonds. The van der Waals surface area contributed by atoms with E-state index >= 15 is 0 Å². The minimum atomic E-state index is -1.27. The van der Waals surface area contributed by atoms with Crippen molar-refractivity contribution in [1.82, 2.24) is 0 Å². The van der Waals surface area contributed by atoms with E-state index in [1.54, 1.807) is 0 Å². The van der Waals surface area contributed by atoms with Gasteiger partial charge >= 0.3 is 29.8 Å². The maximum Gasteiger partial charge on any atom is 0.323 e. The van der Waals surface area contributed by atoms with Gasteiger partial charge in [-0.15, -0.1) is 11.8 Å². The molecule has 0 unspecified atom stereocenters. The zero-order chi connectivity index (χ0) is 23.7. The molecule has 2 N–H and O–H groups in total. The van der Waals surface area contributed by atoms with Crippen LogP contribution in [-0.4, -0.2) is 85.2 Å². The van der Waals surface area contributed by atoms with Crippen LogP contribution in [0.15, 0.2) is 0 Å². The lowest BCUT2D eigenvalue weighted by atomic mass is 9.99. The second-order valence-electron chi connectivity index (χ2n) is 6.53. The largest absolute Gasteiger partial charge is 0.468 e. The molecular formula is C18H27NO11S. The summed E-state index contributed by atoms with van der Waals surface area (Å²) in [5.74, 6) is -3.46. The first-order chi connectivity index (χ1) is 14.5. The van der Waals surface area contributed by atoms with Gasteiger partial charge in [-0.2, -0.15) is 0 Å². The van der Waals surface area contributed by atoms with E-state index in [1.807, 2.05) is 0 Å². The quantitative estimate of drug-likeness (QED) is 0.336. The number of esters is 5. The Hall–Kier alpha value is -2.38. The third kappa shape index (κ3) is 8.71. The van der Waals surface area contributed by atoms with Gasteiger partial charge in [0.2, 0.25) is 0 Å². The van der Waals surface area contributed by atoms with Crippen LogP contribution in [0.4, 0.5) is 0 Å². The topological polar surface area (TPSA) is 167 Å². The summed E-state index contributed by atoms with van der Waals surface area (Å²) in [5.41, 5.74) is 4.75. The van der Waals surface area contributed by atoms with Gasteiger partial charge in [0.15, 0.2) is 18.3 Å². The number of methoxy groups -OCH3 is 1. The van der Waals surface area contributed by atoms with Gasteiger partial charge < -0.3 is 34.2 Å². The number of hydrogen-bond donors (Lipinski definition) is 1. The zero-order valence-corrected chi connectivity index (χ0v) is 18.7. The summed E-state index contributed by atoms with van der Waals surface area (Å²) in [5, 5.41) is 0. The Morgan fingerprint density at radius 3 is 1.87 bits per heavy atom. The van der Waals surface area contributed by atoms with Crippen LogP contribution in [0.3, 0.4) is 0 Å². The first kappa shape index (κ1) is 26.7. The fourth-order valence-electron chi connectivity index (χ4n) is 2.74. The second kappa shape index (κ2) is 12.5. The predicted molar refractivity (Wildman–Crippen MR) is 104 cm³/mol. The summed E-state index contributed by atoms with van der Waals surface area (Å²) >= 11 is 0.991. The molecule has 176 valence electrons. The van der Waals surface area contributed by atoms with Crippen LogP contribution in [0.25, 0.3) is 0 Å². The Balaban J connectivity index is 3.25. The number of nitrogens with two attached hydrogens (primary N) is 1. The highest BCUT2D eigenvalue weighted by Crippen LogP contribution is 2.34. The van der Waals surface area contributed by atoms with Crippen LogP contribution in [0.1, 0.15) is 27.7 Å². The van der Waals surface area contributed by atoms with E-state index in [9.17, 15) is 24.0 Å². The van der Waals surface area contributed by atoms with Crippen molar-refractivity contribution in [3.8, 4) is 0 Å². The number of ether oxygens (including phenoxy) is 6. The predicted octanol–water partition coefficient (Wildman–Crippen LogP) is -0.697. The molecule has 0 spiro atoms. The van der Waals surface area contributed by atoms with Crippen LogP contribution in [0, 0.1) is 0 Å². The molecule has 31 heavy (non-hydrogen) atoms. The van der Waals surface area contributed by atoms with E-state index in [2.05, 4.69) is 4.74 Å². The van der Waals surface area contributed by atoms with E-state index in [0.717, 1.165) is 32.5 Å². The molecule has 0 radical (unpaired) electrons. The summed E-state index contributed by atoms with van der Waals surface area (Å²) in [6.07, 6.45) is -4.78. The molecule has 0 bridgehead atoms. The Labute approximate surface area is 183 Å². The molecule has 1 fully saturated rings. The lowest BCUT2D eigenvalue weighted by molar-refractivity contribution is -0.237. The van der Waals surface area contributed by atoms with Crippen LogP contribution < -0.4 is 5.73 Å². The van der Waals surface area contributed by atoms with E-state index < -0.39 is 65.7 Å². The Bertz CT molecular complexity index is 685. The van der Waals surface area contributed by atoms with Crippen molar-refractivity contribution in [2.45, 2.75) is 63.6 Å². The molecule has 0 aromatic carbocycles. The Morgan fingerprint density at radius 2 is 1.39 bits per heavy atom. The van der Waals surface area contributed by atoms with Crippen molar-refractivity contribution >= 4 is 41.6 Å². The highest BCUT2D eigenvalue weighted by Gasteiger charge is 2.52. The minimum Gasteiger partial charge on any atom is -0.468 e. The van der Waals surface area contributed by atoms with Crippen molar-refractivity contribution in [2.24, 2.45) is 5.73 Å². The van der Waals surface area contributed by atoms with E-state index in [-0.39, 0.29) is 12.4 Å². The maximum atomic E-state index is 11.7. The van der Waals surface area contributed by atoms with Gasteiger partial charge in [0, 0.05) is 33.4 Å². The highest BCUT2D eigenvalue weighted by molar-refractivity contribution is 7.99. The second-order valence-corrected chi connectivity index (χ2v) is 7.66. The van der Waals surface area contributed by atoms with Crippen molar-refractivity contribution in [1.29, 1.82) is 0 Å². The fraction of sp³-hybridized carbons (Fsp3) is 0.722. The summed E-state index contributed by atoms with van der Waals surface area (Å²) in [6.45, 7) is 4.24.